The zero-order valence-corrected chi connectivity index (χ0v) is 33.1. The number of halogens is 1. The number of aliphatic carboxylic acids is 1. The molecule has 292 valence electrons. The number of aromatic amines is 1. The van der Waals surface area contributed by atoms with E-state index in [1.54, 1.807) is 23.5 Å². The number of rotatable bonds is 8. The Labute approximate surface area is 334 Å². The number of benzene rings is 3. The van der Waals surface area contributed by atoms with Gasteiger partial charge in [0.05, 0.1) is 32.7 Å². The lowest BCUT2D eigenvalue weighted by Gasteiger charge is -2.31. The van der Waals surface area contributed by atoms with Gasteiger partial charge in [0, 0.05) is 45.6 Å². The number of aromatic nitrogens is 3. The van der Waals surface area contributed by atoms with Gasteiger partial charge in [0.1, 0.15) is 5.54 Å². The highest BCUT2D eigenvalue weighted by atomic mass is 32.1. The number of carboxylic acids is 1. The summed E-state index contributed by atoms with van der Waals surface area (Å²) in [6.07, 6.45) is 12.2. The minimum Gasteiger partial charge on any atom is -0.478 e. The van der Waals surface area contributed by atoms with Gasteiger partial charge in [-0.05, 0) is 117 Å². The fourth-order valence-electron chi connectivity index (χ4n) is 9.77. The second-order valence-corrected chi connectivity index (χ2v) is 17.3. The van der Waals surface area contributed by atoms with Crippen LogP contribution in [0.1, 0.15) is 108 Å². The molecular weight excluding hydrogens is 738 g/mol. The summed E-state index contributed by atoms with van der Waals surface area (Å²) in [4.78, 5) is 48.6. The molecule has 0 bridgehead atoms. The first-order valence-electron chi connectivity index (χ1n) is 20.2. The molecule has 57 heavy (non-hydrogen) atoms. The fraction of sp³-hybridized carbons (Fsp3) is 0.348. The molecule has 2 aliphatic carbocycles. The number of hydrogen-bond donors (Lipinski definition) is 3. The van der Waals surface area contributed by atoms with Gasteiger partial charge in [-0.25, -0.2) is 9.78 Å². The highest BCUT2D eigenvalue weighted by molar-refractivity contribution is 7.15. The van der Waals surface area contributed by atoms with E-state index in [1.807, 2.05) is 12.1 Å². The first-order chi connectivity index (χ1) is 27.6. The van der Waals surface area contributed by atoms with Crippen molar-refractivity contribution in [2.24, 2.45) is 0 Å². The van der Waals surface area contributed by atoms with Gasteiger partial charge in [-0.1, -0.05) is 60.9 Å². The van der Waals surface area contributed by atoms with Crippen molar-refractivity contribution < 1.29 is 24.0 Å². The average molecular weight is 784 g/mol. The van der Waals surface area contributed by atoms with E-state index in [0.717, 1.165) is 65.7 Å². The van der Waals surface area contributed by atoms with E-state index in [2.05, 4.69) is 58.0 Å². The maximum atomic E-state index is 15.9. The molecule has 3 aromatic carbocycles. The third-order valence-corrected chi connectivity index (χ3v) is 13.5. The zero-order valence-electron chi connectivity index (χ0n) is 32.3. The number of nitrogens with zero attached hydrogens (tertiary/aromatic N) is 3. The number of hydrogen-bond acceptors (Lipinski definition) is 5. The van der Waals surface area contributed by atoms with E-state index in [0.29, 0.717) is 42.7 Å². The number of H-pyrrole nitrogens is 1. The molecule has 4 heterocycles. The summed E-state index contributed by atoms with van der Waals surface area (Å²) in [6, 6.07) is 18.7. The minimum atomic E-state index is -1.39. The fourth-order valence-corrected chi connectivity index (χ4v) is 10.7. The number of thiazole rings is 1. The maximum Gasteiger partial charge on any atom is 0.328 e. The van der Waals surface area contributed by atoms with E-state index in [-0.39, 0.29) is 10.8 Å². The molecule has 3 N–H and O–H groups in total. The predicted octanol–water partition coefficient (Wildman–Crippen LogP) is 10.6. The number of aryl methyl sites for hydroxylation is 4. The molecule has 3 aromatic heterocycles. The van der Waals surface area contributed by atoms with E-state index in [9.17, 15) is 14.4 Å². The second kappa shape index (κ2) is 14.8. The monoisotopic (exact) mass is 783 g/mol. The summed E-state index contributed by atoms with van der Waals surface area (Å²) >= 11 is 1.72. The summed E-state index contributed by atoms with van der Waals surface area (Å²) in [5.41, 5.74) is 9.18. The second-order valence-electron chi connectivity index (χ2n) is 16.1. The summed E-state index contributed by atoms with van der Waals surface area (Å²) in [7, 11) is 0. The third kappa shape index (κ3) is 6.65. The number of anilines is 1. The smallest absolute Gasteiger partial charge is 0.328 e. The largest absolute Gasteiger partial charge is 0.478 e. The van der Waals surface area contributed by atoms with Crippen molar-refractivity contribution in [3.8, 4) is 21.8 Å². The van der Waals surface area contributed by atoms with Crippen LogP contribution < -0.4 is 10.4 Å². The van der Waals surface area contributed by atoms with Gasteiger partial charge in [-0.2, -0.15) is 0 Å². The Bertz CT molecular complexity index is 2590. The molecule has 11 heteroatoms. The molecule has 2 saturated carbocycles. The highest BCUT2D eigenvalue weighted by Gasteiger charge is 2.46. The molecule has 0 atom stereocenters. The number of carbonyl (C=O) groups is 3. The predicted molar refractivity (Wildman–Crippen MR) is 224 cm³/mol. The molecule has 6 aromatic rings. The SMILES string of the molecule is Cc1nc(C)c(-c2cc3c4c(ccc3[nH]2)-c2c(C3CCCCC3)c3ccc(C(=O)NC5(C(=O)N(F)c6ccc(/C=C/C(=O)O)cc6)CCCC5)cc3n2CCC4)s1. The lowest BCUT2D eigenvalue weighted by Crippen LogP contribution is -2.56. The Kier molecular flexibility index (Phi) is 9.59. The van der Waals surface area contributed by atoms with Crippen LogP contribution >= 0.6 is 11.3 Å². The summed E-state index contributed by atoms with van der Waals surface area (Å²) in [5, 5.41) is 15.6. The van der Waals surface area contributed by atoms with Crippen LogP contribution in [0, 0.1) is 13.8 Å². The molecule has 0 radical (unpaired) electrons. The molecule has 0 unspecified atom stereocenters. The van der Waals surface area contributed by atoms with Crippen molar-refractivity contribution in [1.29, 1.82) is 0 Å². The van der Waals surface area contributed by atoms with Crippen molar-refractivity contribution in [3.05, 3.63) is 99.7 Å². The lowest BCUT2D eigenvalue weighted by molar-refractivity contribution is -0.131. The molecule has 9 nitrogen and oxygen atoms in total. The third-order valence-electron chi connectivity index (χ3n) is 12.4. The van der Waals surface area contributed by atoms with E-state index in [1.165, 1.54) is 75.5 Å². The molecule has 3 aliphatic rings. The first kappa shape index (κ1) is 37.1. The van der Waals surface area contributed by atoms with E-state index >= 15 is 4.48 Å². The van der Waals surface area contributed by atoms with Gasteiger partial charge in [0.15, 0.2) is 0 Å². The maximum absolute atomic E-state index is 15.9. The Morgan fingerprint density at radius 2 is 1.74 bits per heavy atom. The summed E-state index contributed by atoms with van der Waals surface area (Å²) in [5.74, 6) is -1.88. The number of fused-ring (bicyclic) bond motifs is 7. The van der Waals surface area contributed by atoms with Crippen molar-refractivity contribution >= 4 is 62.7 Å². The number of nitrogens with one attached hydrogen (secondary N) is 2. The first-order valence-corrected chi connectivity index (χ1v) is 21.0. The normalized spacial score (nSPS) is 16.8. The van der Waals surface area contributed by atoms with Crippen molar-refractivity contribution in [2.75, 3.05) is 5.12 Å². The molecule has 1 aliphatic heterocycles. The Morgan fingerprint density at radius 1 is 0.965 bits per heavy atom. The van der Waals surface area contributed by atoms with Crippen LogP contribution in [-0.2, 0) is 22.6 Å². The molecular formula is C46H46FN5O4S. The van der Waals surface area contributed by atoms with Crippen LogP contribution in [0.15, 0.2) is 66.7 Å². The Morgan fingerprint density at radius 3 is 2.46 bits per heavy atom. The minimum absolute atomic E-state index is 0.0164. The number of carboxylic acid groups (broad SMARTS) is 1. The quantitative estimate of drug-likeness (QED) is 0.105. The van der Waals surface area contributed by atoms with E-state index in [4.69, 9.17) is 5.11 Å². The van der Waals surface area contributed by atoms with Crippen LogP contribution in [0.2, 0.25) is 0 Å². The van der Waals surface area contributed by atoms with Gasteiger partial charge in [0.2, 0.25) is 0 Å². The van der Waals surface area contributed by atoms with Gasteiger partial charge in [0.25, 0.3) is 11.8 Å². The van der Waals surface area contributed by atoms with E-state index < -0.39 is 23.3 Å². The van der Waals surface area contributed by atoms with Crippen molar-refractivity contribution in [3.63, 3.8) is 0 Å². The Hall–Kier alpha value is -5.55. The van der Waals surface area contributed by atoms with Gasteiger partial charge >= 0.3 is 5.97 Å². The summed E-state index contributed by atoms with van der Waals surface area (Å²) < 4.78 is 18.3. The lowest BCUT2D eigenvalue weighted by atomic mass is 9.81. The van der Waals surface area contributed by atoms with Crippen molar-refractivity contribution in [2.45, 2.75) is 102 Å². The Balaban J connectivity index is 1.08. The molecule has 2 amide bonds. The van der Waals surface area contributed by atoms with Crippen LogP contribution in [0.5, 0.6) is 0 Å². The van der Waals surface area contributed by atoms with Gasteiger partial charge in [-0.15, -0.1) is 16.5 Å². The van der Waals surface area contributed by atoms with Crippen LogP contribution in [0.3, 0.4) is 0 Å². The van der Waals surface area contributed by atoms with Crippen molar-refractivity contribution in [1.82, 2.24) is 19.9 Å². The molecule has 2 fully saturated rings. The van der Waals surface area contributed by atoms with Gasteiger partial charge < -0.3 is 20.0 Å². The highest BCUT2D eigenvalue weighted by Crippen LogP contribution is 2.48. The number of amides is 2. The standard InChI is InChI=1S/C46H46FN5O4S/c1-27-43(57-28(2)48-27)38-26-36-33-11-8-24-51-39-25-31(15-18-35(39)41(30-9-4-3-5-10-30)42(51)34(33)19-20-37(36)49-38)44(55)50-46(22-6-7-23-46)45(56)52(47)32-16-12-29(13-17-32)14-21-40(53)54/h12-21,25-26,30,49H,3-11,22-24H2,1-2H3,(H,50,55)(H,53,54)/b21-14+. The van der Waals surface area contributed by atoms with Crippen LogP contribution in [0.25, 0.3) is 49.7 Å². The number of carbonyl (C=O) groups excluding carboxylic acids is 2. The molecule has 0 saturated heterocycles. The zero-order chi connectivity index (χ0) is 39.4. The average Bonchev–Trinajstić information content (AvgIpc) is 3.99. The van der Waals surface area contributed by atoms with Gasteiger partial charge in [-0.3, -0.25) is 9.59 Å². The van der Waals surface area contributed by atoms with Crippen LogP contribution in [0.4, 0.5) is 10.2 Å². The molecule has 0 spiro atoms. The van der Waals surface area contributed by atoms with Crippen LogP contribution in [-0.4, -0.2) is 43.0 Å². The molecule has 9 rings (SSSR count). The topological polar surface area (TPSA) is 120 Å². The summed E-state index contributed by atoms with van der Waals surface area (Å²) in [6.45, 7) is 4.94.